The van der Waals surface area contributed by atoms with E-state index in [2.05, 4.69) is 0 Å². The van der Waals surface area contributed by atoms with Crippen LogP contribution in [0, 0.1) is 0 Å². The SMILES string of the molecule is CCc1cc(Cl)ccc1O[C@@H](C)C(=O)[O-].[Na+]. The number of halogens is 1. The van der Waals surface area contributed by atoms with Crippen LogP contribution in [0.3, 0.4) is 0 Å². The number of aliphatic carboxylic acids is 1. The maximum Gasteiger partial charge on any atom is 1.00 e. The molecule has 0 radical (unpaired) electrons. The Labute approximate surface area is 122 Å². The standard InChI is InChI=1S/C11H13ClO3.Na/c1-3-8-6-9(12)4-5-10(8)15-7(2)11(13)14;/h4-7H,3H2,1-2H3,(H,13,14);/q;+1/p-1/t7-;/m0./s1. The number of carboxylic acids is 1. The van der Waals surface area contributed by atoms with E-state index in [0.29, 0.717) is 10.8 Å². The van der Waals surface area contributed by atoms with Crippen LogP contribution in [0.5, 0.6) is 5.75 Å². The van der Waals surface area contributed by atoms with E-state index >= 15 is 0 Å². The molecule has 0 fully saturated rings. The van der Waals surface area contributed by atoms with Crippen molar-refractivity contribution in [3.63, 3.8) is 0 Å². The van der Waals surface area contributed by atoms with Crippen molar-refractivity contribution in [3.05, 3.63) is 28.8 Å². The van der Waals surface area contributed by atoms with E-state index in [9.17, 15) is 9.90 Å². The van der Waals surface area contributed by atoms with Crippen LogP contribution in [0.25, 0.3) is 0 Å². The third-order valence-corrected chi connectivity index (χ3v) is 2.27. The van der Waals surface area contributed by atoms with Crippen molar-refractivity contribution in [2.24, 2.45) is 0 Å². The van der Waals surface area contributed by atoms with Crippen LogP contribution >= 0.6 is 11.6 Å². The van der Waals surface area contributed by atoms with Gasteiger partial charge in [0, 0.05) is 5.02 Å². The number of benzene rings is 1. The van der Waals surface area contributed by atoms with E-state index in [4.69, 9.17) is 16.3 Å². The van der Waals surface area contributed by atoms with Gasteiger partial charge in [-0.05, 0) is 37.1 Å². The summed E-state index contributed by atoms with van der Waals surface area (Å²) in [5.41, 5.74) is 0.885. The predicted molar refractivity (Wildman–Crippen MR) is 55.9 cm³/mol. The molecule has 0 amide bonds. The zero-order valence-electron chi connectivity index (χ0n) is 9.62. The molecule has 0 bridgehead atoms. The van der Waals surface area contributed by atoms with Gasteiger partial charge in [0.2, 0.25) is 0 Å². The van der Waals surface area contributed by atoms with Crippen LogP contribution in [0.2, 0.25) is 5.02 Å². The molecule has 0 heterocycles. The van der Waals surface area contributed by atoms with Gasteiger partial charge in [-0.25, -0.2) is 0 Å². The van der Waals surface area contributed by atoms with Gasteiger partial charge >= 0.3 is 29.6 Å². The molecule has 5 heteroatoms. The molecular weight excluding hydrogens is 239 g/mol. The van der Waals surface area contributed by atoms with Gasteiger partial charge in [0.1, 0.15) is 11.9 Å². The first-order valence-electron chi connectivity index (χ1n) is 4.70. The minimum atomic E-state index is -1.23. The summed E-state index contributed by atoms with van der Waals surface area (Å²) in [6.45, 7) is 3.38. The molecule has 1 aromatic carbocycles. The molecule has 1 aromatic rings. The minimum Gasteiger partial charge on any atom is -0.546 e. The Balaban J connectivity index is 0.00000225. The molecule has 0 N–H and O–H groups in total. The van der Waals surface area contributed by atoms with Crippen molar-refractivity contribution in [3.8, 4) is 5.75 Å². The fraction of sp³-hybridized carbons (Fsp3) is 0.364. The normalized spacial score (nSPS) is 11.4. The van der Waals surface area contributed by atoms with Crippen molar-refractivity contribution >= 4 is 17.6 Å². The second-order valence-corrected chi connectivity index (χ2v) is 3.62. The fourth-order valence-corrected chi connectivity index (χ4v) is 1.37. The molecular formula is C11H12ClNaO3. The van der Waals surface area contributed by atoms with Crippen LogP contribution in [0.4, 0.5) is 0 Å². The zero-order chi connectivity index (χ0) is 11.4. The molecule has 0 saturated carbocycles. The van der Waals surface area contributed by atoms with Gasteiger partial charge in [0.25, 0.3) is 0 Å². The number of hydrogen-bond donors (Lipinski definition) is 0. The topological polar surface area (TPSA) is 49.4 Å². The van der Waals surface area contributed by atoms with Crippen molar-refractivity contribution in [2.75, 3.05) is 0 Å². The molecule has 0 unspecified atom stereocenters. The summed E-state index contributed by atoms with van der Waals surface area (Å²) in [6.07, 6.45) is -0.230. The quantitative estimate of drug-likeness (QED) is 0.607. The zero-order valence-corrected chi connectivity index (χ0v) is 12.4. The Bertz CT molecular complexity index is 368. The van der Waals surface area contributed by atoms with Gasteiger partial charge in [-0.2, -0.15) is 0 Å². The first-order chi connectivity index (χ1) is 7.04. The fourth-order valence-electron chi connectivity index (χ4n) is 1.18. The smallest absolute Gasteiger partial charge is 0.546 e. The number of rotatable bonds is 4. The van der Waals surface area contributed by atoms with Crippen LogP contribution in [-0.2, 0) is 11.2 Å². The van der Waals surface area contributed by atoms with Gasteiger partial charge in [0.05, 0.1) is 5.97 Å². The van der Waals surface area contributed by atoms with Gasteiger partial charge in [-0.3, -0.25) is 0 Å². The number of aryl methyl sites for hydroxylation is 1. The number of hydrogen-bond acceptors (Lipinski definition) is 3. The monoisotopic (exact) mass is 250 g/mol. The van der Waals surface area contributed by atoms with Crippen molar-refractivity contribution in [1.29, 1.82) is 0 Å². The molecule has 16 heavy (non-hydrogen) atoms. The van der Waals surface area contributed by atoms with Crippen molar-refractivity contribution in [1.82, 2.24) is 0 Å². The summed E-state index contributed by atoms with van der Waals surface area (Å²) >= 11 is 5.81. The van der Waals surface area contributed by atoms with E-state index in [1.807, 2.05) is 6.92 Å². The van der Waals surface area contributed by atoms with Gasteiger partial charge in [-0.1, -0.05) is 18.5 Å². The van der Waals surface area contributed by atoms with Crippen LogP contribution in [0.1, 0.15) is 19.4 Å². The molecule has 3 nitrogen and oxygen atoms in total. The molecule has 0 spiro atoms. The number of carboxylic acid groups (broad SMARTS) is 1. The summed E-state index contributed by atoms with van der Waals surface area (Å²) < 4.78 is 5.23. The van der Waals surface area contributed by atoms with Crippen molar-refractivity contribution < 1.29 is 44.2 Å². The Morgan fingerprint density at radius 1 is 1.56 bits per heavy atom. The molecule has 1 atom stereocenters. The van der Waals surface area contributed by atoms with Gasteiger partial charge in [0.15, 0.2) is 0 Å². The van der Waals surface area contributed by atoms with E-state index in [1.165, 1.54) is 6.92 Å². The Kier molecular flexibility index (Phi) is 7.07. The predicted octanol–water partition coefficient (Wildman–Crippen LogP) is -1.58. The summed E-state index contributed by atoms with van der Waals surface area (Å²) in [4.78, 5) is 10.5. The van der Waals surface area contributed by atoms with Crippen LogP contribution in [0.15, 0.2) is 18.2 Å². The molecule has 0 aromatic heterocycles. The first kappa shape index (κ1) is 15.8. The Morgan fingerprint density at radius 2 is 2.19 bits per heavy atom. The second-order valence-electron chi connectivity index (χ2n) is 3.18. The second kappa shape index (κ2) is 7.17. The molecule has 82 valence electrons. The summed E-state index contributed by atoms with van der Waals surface area (Å²) in [6, 6.07) is 5.09. The summed E-state index contributed by atoms with van der Waals surface area (Å²) in [5, 5.41) is 11.1. The Hall–Kier alpha value is -0.220. The van der Waals surface area contributed by atoms with E-state index in [0.717, 1.165) is 12.0 Å². The Morgan fingerprint density at radius 3 is 2.69 bits per heavy atom. The van der Waals surface area contributed by atoms with Gasteiger partial charge < -0.3 is 14.6 Å². The van der Waals surface area contributed by atoms with Gasteiger partial charge in [-0.15, -0.1) is 0 Å². The maximum absolute atomic E-state index is 10.5. The van der Waals surface area contributed by atoms with E-state index in [-0.39, 0.29) is 29.6 Å². The maximum atomic E-state index is 10.5. The van der Waals surface area contributed by atoms with E-state index < -0.39 is 12.1 Å². The average Bonchev–Trinajstić information content (AvgIpc) is 2.20. The van der Waals surface area contributed by atoms with Crippen molar-refractivity contribution in [2.45, 2.75) is 26.4 Å². The molecule has 1 rings (SSSR count). The van der Waals surface area contributed by atoms with E-state index in [1.54, 1.807) is 18.2 Å². The van der Waals surface area contributed by atoms with Crippen LogP contribution < -0.4 is 39.4 Å². The minimum absolute atomic E-state index is 0. The molecule has 0 aliphatic rings. The number of carbonyl (C=O) groups is 1. The number of carbonyl (C=O) groups excluding carboxylic acids is 1. The third kappa shape index (κ3) is 4.34. The molecule has 0 saturated heterocycles. The molecule has 0 aliphatic heterocycles. The summed E-state index contributed by atoms with van der Waals surface area (Å²) in [7, 11) is 0. The van der Waals surface area contributed by atoms with Crippen LogP contribution in [-0.4, -0.2) is 12.1 Å². The summed E-state index contributed by atoms with van der Waals surface area (Å²) in [5.74, 6) is -0.689. The third-order valence-electron chi connectivity index (χ3n) is 2.04. The number of ether oxygens (including phenoxy) is 1. The average molecular weight is 251 g/mol. The molecule has 0 aliphatic carbocycles. The largest absolute Gasteiger partial charge is 1.00 e. The first-order valence-corrected chi connectivity index (χ1v) is 5.08.